The summed E-state index contributed by atoms with van der Waals surface area (Å²) in [5, 5.41) is 3.84. The van der Waals surface area contributed by atoms with E-state index in [-0.39, 0.29) is 6.04 Å². The second-order valence-corrected chi connectivity index (χ2v) is 5.14. The van der Waals surface area contributed by atoms with Gasteiger partial charge in [-0.25, -0.2) is 4.98 Å². The highest BCUT2D eigenvalue weighted by atomic mass is 35.5. The van der Waals surface area contributed by atoms with Crippen molar-refractivity contribution < 1.29 is 0 Å². The van der Waals surface area contributed by atoms with Crippen LogP contribution in [0, 0.1) is 0 Å². The second-order valence-electron chi connectivity index (χ2n) is 3.72. The van der Waals surface area contributed by atoms with E-state index in [4.69, 9.17) is 17.3 Å². The lowest BCUT2D eigenvalue weighted by Crippen LogP contribution is -2.25. The van der Waals surface area contributed by atoms with E-state index in [1.165, 1.54) is 5.56 Å². The number of benzene rings is 1. The molecule has 0 aliphatic carbocycles. The summed E-state index contributed by atoms with van der Waals surface area (Å²) in [4.78, 5) is 4.23. The van der Waals surface area contributed by atoms with Crippen LogP contribution in [0.2, 0.25) is 5.02 Å². The number of aromatic nitrogens is 1. The van der Waals surface area contributed by atoms with Gasteiger partial charge in [-0.1, -0.05) is 23.7 Å². The van der Waals surface area contributed by atoms with Gasteiger partial charge in [0, 0.05) is 29.1 Å². The number of hydrogen-bond donors (Lipinski definition) is 1. The summed E-state index contributed by atoms with van der Waals surface area (Å²) in [6, 6.07) is 7.95. The van der Waals surface area contributed by atoms with Crippen molar-refractivity contribution >= 4 is 22.9 Å². The summed E-state index contributed by atoms with van der Waals surface area (Å²) in [7, 11) is 0. The highest BCUT2D eigenvalue weighted by Gasteiger charge is 2.07. The molecule has 0 saturated carbocycles. The molecule has 0 aliphatic heterocycles. The Morgan fingerprint density at radius 1 is 1.25 bits per heavy atom. The Morgan fingerprint density at radius 2 is 2.00 bits per heavy atom. The standard InChI is InChI=1S/C12H13ClN2S/c13-10-3-1-9(2-4-10)7-11(14)8-12-15-5-6-16-12/h1-6,11H,7-8,14H2. The predicted octanol–water partition coefficient (Wildman–Crippen LogP) is 2.91. The van der Waals surface area contributed by atoms with Crippen LogP contribution in [-0.2, 0) is 12.8 Å². The van der Waals surface area contributed by atoms with Gasteiger partial charge in [-0.2, -0.15) is 0 Å². The van der Waals surface area contributed by atoms with Crippen molar-refractivity contribution in [1.29, 1.82) is 0 Å². The normalized spacial score (nSPS) is 12.6. The highest BCUT2D eigenvalue weighted by molar-refractivity contribution is 7.09. The fraction of sp³-hybridized carbons (Fsp3) is 0.250. The summed E-state index contributed by atoms with van der Waals surface area (Å²) >= 11 is 7.48. The first-order valence-corrected chi connectivity index (χ1v) is 6.38. The van der Waals surface area contributed by atoms with Crippen molar-refractivity contribution in [3.63, 3.8) is 0 Å². The topological polar surface area (TPSA) is 38.9 Å². The molecule has 0 aliphatic rings. The molecule has 1 heterocycles. The quantitative estimate of drug-likeness (QED) is 0.909. The number of halogens is 1. The third-order valence-electron chi connectivity index (χ3n) is 2.33. The zero-order valence-electron chi connectivity index (χ0n) is 8.77. The molecule has 4 heteroatoms. The number of nitrogens with two attached hydrogens (primary N) is 1. The minimum Gasteiger partial charge on any atom is -0.327 e. The molecule has 2 nitrogen and oxygen atoms in total. The van der Waals surface area contributed by atoms with Gasteiger partial charge < -0.3 is 5.73 Å². The van der Waals surface area contributed by atoms with Crippen LogP contribution in [0.4, 0.5) is 0 Å². The number of nitrogens with zero attached hydrogens (tertiary/aromatic N) is 1. The highest BCUT2D eigenvalue weighted by Crippen LogP contribution is 2.13. The van der Waals surface area contributed by atoms with Crippen molar-refractivity contribution in [2.24, 2.45) is 5.73 Å². The predicted molar refractivity (Wildman–Crippen MR) is 68.9 cm³/mol. The van der Waals surface area contributed by atoms with Crippen molar-refractivity contribution in [3.05, 3.63) is 51.4 Å². The average Bonchev–Trinajstić information content (AvgIpc) is 2.74. The van der Waals surface area contributed by atoms with Gasteiger partial charge in [0.2, 0.25) is 0 Å². The molecule has 16 heavy (non-hydrogen) atoms. The molecule has 1 atom stereocenters. The van der Waals surface area contributed by atoms with Gasteiger partial charge in [-0.3, -0.25) is 0 Å². The zero-order chi connectivity index (χ0) is 11.4. The van der Waals surface area contributed by atoms with Crippen LogP contribution < -0.4 is 5.73 Å². The maximum atomic E-state index is 6.07. The monoisotopic (exact) mass is 252 g/mol. The summed E-state index contributed by atoms with van der Waals surface area (Å²) in [6.07, 6.45) is 3.51. The average molecular weight is 253 g/mol. The van der Waals surface area contributed by atoms with E-state index in [0.717, 1.165) is 22.9 Å². The van der Waals surface area contributed by atoms with Gasteiger partial charge in [0.25, 0.3) is 0 Å². The SMILES string of the molecule is NC(Cc1ccc(Cl)cc1)Cc1nccs1. The maximum Gasteiger partial charge on any atom is 0.0940 e. The van der Waals surface area contributed by atoms with E-state index in [0.29, 0.717) is 0 Å². The van der Waals surface area contributed by atoms with Crippen LogP contribution in [-0.4, -0.2) is 11.0 Å². The summed E-state index contributed by atoms with van der Waals surface area (Å²) in [5.41, 5.74) is 7.28. The van der Waals surface area contributed by atoms with Crippen LogP contribution in [0.5, 0.6) is 0 Å². The molecule has 0 radical (unpaired) electrons. The van der Waals surface area contributed by atoms with Gasteiger partial charge in [0.05, 0.1) is 5.01 Å². The van der Waals surface area contributed by atoms with Gasteiger partial charge in [-0.15, -0.1) is 11.3 Å². The van der Waals surface area contributed by atoms with Crippen molar-refractivity contribution in [2.75, 3.05) is 0 Å². The smallest absolute Gasteiger partial charge is 0.0940 e. The lowest BCUT2D eigenvalue weighted by molar-refractivity contribution is 0.662. The fourth-order valence-electron chi connectivity index (χ4n) is 1.57. The van der Waals surface area contributed by atoms with Gasteiger partial charge >= 0.3 is 0 Å². The molecular formula is C12H13ClN2S. The molecule has 2 N–H and O–H groups in total. The Labute approximate surface area is 104 Å². The third-order valence-corrected chi connectivity index (χ3v) is 3.39. The van der Waals surface area contributed by atoms with E-state index >= 15 is 0 Å². The van der Waals surface area contributed by atoms with Crippen LogP contribution in [0.25, 0.3) is 0 Å². The number of thiazole rings is 1. The van der Waals surface area contributed by atoms with E-state index in [2.05, 4.69) is 4.98 Å². The summed E-state index contributed by atoms with van der Waals surface area (Å²) in [6.45, 7) is 0. The van der Waals surface area contributed by atoms with Gasteiger partial charge in [0.1, 0.15) is 0 Å². The second kappa shape index (κ2) is 5.43. The van der Waals surface area contributed by atoms with Crippen molar-refractivity contribution in [2.45, 2.75) is 18.9 Å². The van der Waals surface area contributed by atoms with Gasteiger partial charge in [-0.05, 0) is 24.1 Å². The Hall–Kier alpha value is -0.900. The Kier molecular flexibility index (Phi) is 3.93. The molecular weight excluding hydrogens is 240 g/mol. The van der Waals surface area contributed by atoms with Crippen molar-refractivity contribution in [1.82, 2.24) is 4.98 Å². The molecule has 1 aromatic carbocycles. The molecule has 84 valence electrons. The summed E-state index contributed by atoms with van der Waals surface area (Å²) in [5.74, 6) is 0. The molecule has 0 bridgehead atoms. The zero-order valence-corrected chi connectivity index (χ0v) is 10.3. The fourth-order valence-corrected chi connectivity index (χ4v) is 2.41. The van der Waals surface area contributed by atoms with Crippen LogP contribution >= 0.6 is 22.9 Å². The molecule has 2 aromatic rings. The number of hydrogen-bond acceptors (Lipinski definition) is 3. The minimum absolute atomic E-state index is 0.118. The molecule has 0 amide bonds. The largest absolute Gasteiger partial charge is 0.327 e. The van der Waals surface area contributed by atoms with E-state index < -0.39 is 0 Å². The van der Waals surface area contributed by atoms with E-state index in [1.807, 2.05) is 35.8 Å². The molecule has 1 aromatic heterocycles. The van der Waals surface area contributed by atoms with Crippen LogP contribution in [0.15, 0.2) is 35.8 Å². The first kappa shape index (κ1) is 11.6. The maximum absolute atomic E-state index is 6.07. The van der Waals surface area contributed by atoms with E-state index in [9.17, 15) is 0 Å². The Bertz CT molecular complexity index is 425. The Balaban J connectivity index is 1.92. The molecule has 0 spiro atoms. The minimum atomic E-state index is 0.118. The summed E-state index contributed by atoms with van der Waals surface area (Å²) < 4.78 is 0. The first-order chi connectivity index (χ1) is 7.74. The van der Waals surface area contributed by atoms with Crippen LogP contribution in [0.1, 0.15) is 10.6 Å². The Morgan fingerprint density at radius 3 is 2.62 bits per heavy atom. The molecule has 0 fully saturated rings. The lowest BCUT2D eigenvalue weighted by Gasteiger charge is -2.09. The molecule has 2 rings (SSSR count). The van der Waals surface area contributed by atoms with Crippen LogP contribution in [0.3, 0.4) is 0 Å². The van der Waals surface area contributed by atoms with E-state index in [1.54, 1.807) is 11.3 Å². The van der Waals surface area contributed by atoms with Gasteiger partial charge in [0.15, 0.2) is 0 Å². The number of rotatable bonds is 4. The first-order valence-electron chi connectivity index (χ1n) is 5.12. The van der Waals surface area contributed by atoms with Crippen molar-refractivity contribution in [3.8, 4) is 0 Å². The lowest BCUT2D eigenvalue weighted by atomic mass is 10.0. The molecule has 0 saturated heterocycles. The molecule has 1 unspecified atom stereocenters. The third kappa shape index (κ3) is 3.30.